The Labute approximate surface area is 191 Å². The van der Waals surface area contributed by atoms with Gasteiger partial charge in [0.05, 0.1) is 5.39 Å². The molecule has 32 heavy (non-hydrogen) atoms. The minimum Gasteiger partial charge on any atom is -0.352 e. The van der Waals surface area contributed by atoms with Gasteiger partial charge in [-0.3, -0.25) is 0 Å². The quantitative estimate of drug-likeness (QED) is 0.457. The topological polar surface area (TPSA) is 52.6 Å². The van der Waals surface area contributed by atoms with Crippen molar-refractivity contribution in [3.05, 3.63) is 78.6 Å². The molecule has 3 heterocycles. The fourth-order valence-corrected chi connectivity index (χ4v) is 5.11. The Morgan fingerprint density at radius 1 is 0.969 bits per heavy atom. The van der Waals surface area contributed by atoms with E-state index in [-0.39, 0.29) is 6.03 Å². The molecule has 1 aliphatic heterocycles. The minimum atomic E-state index is 0.0724. The average Bonchev–Trinajstić information content (AvgIpc) is 3.29. The van der Waals surface area contributed by atoms with Gasteiger partial charge in [-0.1, -0.05) is 60.7 Å². The third-order valence-electron chi connectivity index (χ3n) is 5.81. The average molecular weight is 444 g/mol. The number of nitrogens with zero attached hydrogens (tertiary/aromatic N) is 5. The molecule has 0 spiro atoms. The molecule has 2 aromatic carbocycles. The first-order chi connectivity index (χ1) is 15.7. The van der Waals surface area contributed by atoms with Gasteiger partial charge in [-0.15, -0.1) is 11.3 Å². The third-order valence-corrected chi connectivity index (χ3v) is 6.90. The van der Waals surface area contributed by atoms with Crippen LogP contribution in [0.1, 0.15) is 5.56 Å². The third kappa shape index (κ3) is 4.16. The number of carbonyl (C=O) groups excluding carboxylic acids is 1. The van der Waals surface area contributed by atoms with E-state index in [2.05, 4.69) is 45.2 Å². The number of piperazine rings is 1. The van der Waals surface area contributed by atoms with Crippen molar-refractivity contribution < 1.29 is 4.79 Å². The monoisotopic (exact) mass is 443 g/mol. The lowest BCUT2D eigenvalue weighted by molar-refractivity contribution is 0.157. The van der Waals surface area contributed by atoms with Crippen molar-refractivity contribution in [2.45, 2.75) is 6.54 Å². The zero-order chi connectivity index (χ0) is 21.9. The number of amides is 2. The van der Waals surface area contributed by atoms with E-state index in [1.54, 1.807) is 22.6 Å². The lowest BCUT2D eigenvalue weighted by atomic mass is 10.2. The zero-order valence-electron chi connectivity index (χ0n) is 18.0. The summed E-state index contributed by atoms with van der Waals surface area (Å²) < 4.78 is 0. The van der Waals surface area contributed by atoms with Gasteiger partial charge in [0.2, 0.25) is 0 Å². The SMILES string of the molecule is CN(Cc1ccccc1)C(=O)N1CCN(c2ncnc3sc(-c4ccccc4)cc23)CC1. The van der Waals surface area contributed by atoms with Crippen LogP contribution >= 0.6 is 11.3 Å². The van der Waals surface area contributed by atoms with Crippen molar-refractivity contribution >= 4 is 33.4 Å². The van der Waals surface area contributed by atoms with E-state index < -0.39 is 0 Å². The van der Waals surface area contributed by atoms with Gasteiger partial charge >= 0.3 is 6.03 Å². The maximum atomic E-state index is 12.9. The highest BCUT2D eigenvalue weighted by Gasteiger charge is 2.25. The summed E-state index contributed by atoms with van der Waals surface area (Å²) in [7, 11) is 1.87. The van der Waals surface area contributed by atoms with Gasteiger partial charge in [0, 0.05) is 44.6 Å². The number of anilines is 1. The molecule has 5 rings (SSSR count). The Morgan fingerprint density at radius 2 is 1.66 bits per heavy atom. The maximum absolute atomic E-state index is 12.9. The largest absolute Gasteiger partial charge is 0.352 e. The van der Waals surface area contributed by atoms with Gasteiger partial charge in [0.25, 0.3) is 0 Å². The van der Waals surface area contributed by atoms with Crippen LogP contribution in [0, 0.1) is 0 Å². The van der Waals surface area contributed by atoms with Crippen LogP contribution in [-0.2, 0) is 6.54 Å². The first-order valence-electron chi connectivity index (χ1n) is 10.8. The standard InChI is InChI=1S/C25H25N5OS/c1-28(17-19-8-4-2-5-9-19)25(31)30-14-12-29(13-15-30)23-21-16-22(20-10-6-3-7-11-20)32-24(21)27-18-26-23/h2-11,16,18H,12-15,17H2,1H3. The summed E-state index contributed by atoms with van der Waals surface area (Å²) in [6, 6.07) is 22.7. The molecule has 0 radical (unpaired) electrons. The van der Waals surface area contributed by atoms with Gasteiger partial charge < -0.3 is 14.7 Å². The van der Waals surface area contributed by atoms with Gasteiger partial charge in [0.1, 0.15) is 17.0 Å². The van der Waals surface area contributed by atoms with Crippen LogP contribution in [0.3, 0.4) is 0 Å². The number of aromatic nitrogens is 2. The predicted octanol–water partition coefficient (Wildman–Crippen LogP) is 4.73. The Kier molecular flexibility index (Phi) is 5.73. The second-order valence-corrected chi connectivity index (χ2v) is 9.02. The van der Waals surface area contributed by atoms with Crippen LogP contribution in [0.2, 0.25) is 0 Å². The van der Waals surface area contributed by atoms with E-state index >= 15 is 0 Å². The van der Waals surface area contributed by atoms with Gasteiger partial charge in [-0.2, -0.15) is 0 Å². The lowest BCUT2D eigenvalue weighted by Gasteiger charge is -2.37. The summed E-state index contributed by atoms with van der Waals surface area (Å²) in [6.45, 7) is 3.49. The van der Waals surface area contributed by atoms with Crippen molar-refractivity contribution in [2.24, 2.45) is 0 Å². The van der Waals surface area contributed by atoms with E-state index in [0.717, 1.165) is 34.7 Å². The van der Waals surface area contributed by atoms with Crippen LogP contribution in [0.4, 0.5) is 10.6 Å². The number of urea groups is 1. The van der Waals surface area contributed by atoms with Crippen molar-refractivity contribution in [1.82, 2.24) is 19.8 Å². The highest BCUT2D eigenvalue weighted by atomic mass is 32.1. The van der Waals surface area contributed by atoms with Crippen LogP contribution in [-0.4, -0.2) is 59.0 Å². The van der Waals surface area contributed by atoms with E-state index in [0.29, 0.717) is 19.6 Å². The molecule has 2 amide bonds. The molecule has 1 fully saturated rings. The minimum absolute atomic E-state index is 0.0724. The number of hydrogen-bond acceptors (Lipinski definition) is 5. The molecule has 7 heteroatoms. The molecule has 0 unspecified atom stereocenters. The van der Waals surface area contributed by atoms with E-state index in [4.69, 9.17) is 0 Å². The summed E-state index contributed by atoms with van der Waals surface area (Å²) in [4.78, 5) is 30.2. The first kappa shape index (κ1) is 20.5. The predicted molar refractivity (Wildman–Crippen MR) is 130 cm³/mol. The fraction of sp³-hybridized carbons (Fsp3) is 0.240. The van der Waals surface area contributed by atoms with Crippen molar-refractivity contribution in [1.29, 1.82) is 0 Å². The number of benzene rings is 2. The number of rotatable bonds is 4. The van der Waals surface area contributed by atoms with Gasteiger partial charge in [-0.05, 0) is 17.2 Å². The first-order valence-corrected chi connectivity index (χ1v) is 11.6. The second-order valence-electron chi connectivity index (χ2n) is 7.99. The molecule has 1 saturated heterocycles. The molecule has 2 aromatic heterocycles. The molecule has 0 saturated carbocycles. The van der Waals surface area contributed by atoms with Crippen LogP contribution in [0.15, 0.2) is 73.1 Å². The van der Waals surface area contributed by atoms with E-state index in [9.17, 15) is 4.79 Å². The van der Waals surface area contributed by atoms with E-state index in [1.165, 1.54) is 10.4 Å². The number of fused-ring (bicyclic) bond motifs is 1. The number of hydrogen-bond donors (Lipinski definition) is 0. The molecule has 0 N–H and O–H groups in total. The summed E-state index contributed by atoms with van der Waals surface area (Å²) in [6.07, 6.45) is 1.65. The van der Waals surface area contributed by atoms with Crippen LogP contribution in [0.5, 0.6) is 0 Å². The molecule has 0 bridgehead atoms. The fourth-order valence-electron chi connectivity index (χ4n) is 4.12. The molecular formula is C25H25N5OS. The van der Waals surface area contributed by atoms with Gasteiger partial charge in [-0.25, -0.2) is 14.8 Å². The van der Waals surface area contributed by atoms with E-state index in [1.807, 2.05) is 48.3 Å². The lowest BCUT2D eigenvalue weighted by Crippen LogP contribution is -2.52. The molecule has 162 valence electrons. The molecular weight excluding hydrogens is 418 g/mol. The summed E-state index contributed by atoms with van der Waals surface area (Å²) >= 11 is 1.69. The Bertz CT molecular complexity index is 1200. The molecule has 0 aliphatic carbocycles. The Balaban J connectivity index is 1.28. The molecule has 0 atom stereocenters. The molecule has 4 aromatic rings. The Morgan fingerprint density at radius 3 is 2.38 bits per heavy atom. The highest BCUT2D eigenvalue weighted by molar-refractivity contribution is 7.21. The number of thiophene rings is 1. The molecule has 6 nitrogen and oxygen atoms in total. The maximum Gasteiger partial charge on any atom is 0.320 e. The summed E-state index contributed by atoms with van der Waals surface area (Å²) in [5.41, 5.74) is 2.33. The number of carbonyl (C=O) groups is 1. The summed E-state index contributed by atoms with van der Waals surface area (Å²) in [5.74, 6) is 0.957. The Hall–Kier alpha value is -3.45. The van der Waals surface area contributed by atoms with Crippen LogP contribution < -0.4 is 4.90 Å². The van der Waals surface area contributed by atoms with Crippen molar-refractivity contribution in [2.75, 3.05) is 38.1 Å². The zero-order valence-corrected chi connectivity index (χ0v) is 18.8. The summed E-state index contributed by atoms with van der Waals surface area (Å²) in [5, 5.41) is 1.08. The second kappa shape index (κ2) is 8.96. The molecule has 1 aliphatic rings. The van der Waals surface area contributed by atoms with Gasteiger partial charge in [0.15, 0.2) is 0 Å². The van der Waals surface area contributed by atoms with Crippen molar-refractivity contribution in [3.8, 4) is 10.4 Å². The van der Waals surface area contributed by atoms with Crippen molar-refractivity contribution in [3.63, 3.8) is 0 Å². The highest BCUT2D eigenvalue weighted by Crippen LogP contribution is 2.36. The smallest absolute Gasteiger partial charge is 0.320 e. The van der Waals surface area contributed by atoms with Crippen LogP contribution in [0.25, 0.3) is 20.7 Å². The normalized spacial score (nSPS) is 14.0.